The highest BCUT2D eigenvalue weighted by atomic mass is 35.5. The summed E-state index contributed by atoms with van der Waals surface area (Å²) in [5.74, 6) is 1.03. The van der Waals surface area contributed by atoms with Crippen LogP contribution in [0, 0.1) is 0 Å². The smallest absolute Gasteiger partial charge is 0.212 e. The van der Waals surface area contributed by atoms with Gasteiger partial charge in [-0.2, -0.15) is 0 Å². The minimum absolute atomic E-state index is 0.272. The Labute approximate surface area is 108 Å². The van der Waals surface area contributed by atoms with Crippen molar-refractivity contribution < 1.29 is 4.42 Å². The number of halogens is 3. The van der Waals surface area contributed by atoms with Crippen molar-refractivity contribution in [3.63, 3.8) is 0 Å². The third-order valence-electron chi connectivity index (χ3n) is 2.06. The van der Waals surface area contributed by atoms with Crippen molar-refractivity contribution in [2.24, 2.45) is 0 Å². The molecule has 1 aromatic heterocycles. The van der Waals surface area contributed by atoms with E-state index in [1.54, 1.807) is 31.3 Å². The lowest BCUT2D eigenvalue weighted by Crippen LogP contribution is -1.81. The minimum atomic E-state index is -0.272. The Bertz CT molecular complexity index is 508. The number of hydrogen-bond donors (Lipinski definition) is 0. The highest BCUT2D eigenvalue weighted by molar-refractivity contribution is 6.35. The zero-order valence-corrected chi connectivity index (χ0v) is 10.6. The van der Waals surface area contributed by atoms with Gasteiger partial charge in [0.25, 0.3) is 0 Å². The predicted molar refractivity (Wildman–Crippen MR) is 66.2 cm³/mol. The lowest BCUT2D eigenvalue weighted by molar-refractivity contribution is 0.508. The molecule has 1 aromatic carbocycles. The highest BCUT2D eigenvalue weighted by Crippen LogP contribution is 2.32. The van der Waals surface area contributed by atoms with Crippen LogP contribution in [-0.2, 0) is 0 Å². The lowest BCUT2D eigenvalue weighted by Gasteiger charge is -2.01. The SMILES string of the molecule is CC(Cl)c1ncc(-c2cc(Cl)ccc2Cl)o1. The Hall–Kier alpha value is -0.700. The Balaban J connectivity index is 2.46. The van der Waals surface area contributed by atoms with Crippen LogP contribution >= 0.6 is 34.8 Å². The van der Waals surface area contributed by atoms with Crippen molar-refractivity contribution in [1.29, 1.82) is 0 Å². The first-order valence-electron chi connectivity index (χ1n) is 4.63. The number of hydrogen-bond acceptors (Lipinski definition) is 2. The van der Waals surface area contributed by atoms with Crippen LogP contribution < -0.4 is 0 Å². The molecule has 0 aliphatic rings. The first-order chi connectivity index (χ1) is 7.58. The fourth-order valence-corrected chi connectivity index (χ4v) is 1.77. The second-order valence-electron chi connectivity index (χ2n) is 3.30. The van der Waals surface area contributed by atoms with E-state index in [1.807, 2.05) is 0 Å². The summed E-state index contributed by atoms with van der Waals surface area (Å²) in [4.78, 5) is 4.06. The van der Waals surface area contributed by atoms with Crippen molar-refractivity contribution >= 4 is 34.8 Å². The van der Waals surface area contributed by atoms with Crippen LogP contribution in [0.2, 0.25) is 10.0 Å². The fourth-order valence-electron chi connectivity index (χ4n) is 1.28. The van der Waals surface area contributed by atoms with Gasteiger partial charge in [0.15, 0.2) is 5.76 Å². The topological polar surface area (TPSA) is 26.0 Å². The summed E-state index contributed by atoms with van der Waals surface area (Å²) in [6.45, 7) is 1.79. The fraction of sp³-hybridized carbons (Fsp3) is 0.182. The Kier molecular flexibility index (Phi) is 3.43. The minimum Gasteiger partial charge on any atom is -0.439 e. The normalized spacial score (nSPS) is 12.8. The summed E-state index contributed by atoms with van der Waals surface area (Å²) in [5.41, 5.74) is 0.713. The van der Waals surface area contributed by atoms with Crippen LogP contribution in [0.15, 0.2) is 28.8 Å². The van der Waals surface area contributed by atoms with Crippen LogP contribution in [0.4, 0.5) is 0 Å². The zero-order valence-electron chi connectivity index (χ0n) is 8.38. The Morgan fingerprint density at radius 2 is 2.06 bits per heavy atom. The maximum Gasteiger partial charge on any atom is 0.212 e. The average Bonchev–Trinajstić information content (AvgIpc) is 2.70. The van der Waals surface area contributed by atoms with Gasteiger partial charge < -0.3 is 4.42 Å². The van der Waals surface area contributed by atoms with Crippen LogP contribution in [0.25, 0.3) is 11.3 Å². The summed E-state index contributed by atoms with van der Waals surface area (Å²) in [6.07, 6.45) is 1.59. The molecule has 0 saturated heterocycles. The van der Waals surface area contributed by atoms with Gasteiger partial charge in [-0.1, -0.05) is 23.2 Å². The van der Waals surface area contributed by atoms with E-state index in [1.165, 1.54) is 0 Å². The van der Waals surface area contributed by atoms with Crippen LogP contribution in [-0.4, -0.2) is 4.98 Å². The van der Waals surface area contributed by atoms with Gasteiger partial charge in [0, 0.05) is 10.6 Å². The molecule has 5 heteroatoms. The molecule has 2 aromatic rings. The second kappa shape index (κ2) is 4.66. The first-order valence-corrected chi connectivity index (χ1v) is 5.82. The van der Waals surface area contributed by atoms with Gasteiger partial charge in [-0.25, -0.2) is 4.98 Å². The van der Waals surface area contributed by atoms with E-state index >= 15 is 0 Å². The van der Waals surface area contributed by atoms with Crippen molar-refractivity contribution in [3.8, 4) is 11.3 Å². The van der Waals surface area contributed by atoms with Gasteiger partial charge in [-0.15, -0.1) is 11.6 Å². The van der Waals surface area contributed by atoms with E-state index in [0.717, 1.165) is 0 Å². The van der Waals surface area contributed by atoms with Gasteiger partial charge in [-0.05, 0) is 25.1 Å². The second-order valence-corrected chi connectivity index (χ2v) is 4.80. The molecule has 0 amide bonds. The summed E-state index contributed by atoms with van der Waals surface area (Å²) in [6, 6.07) is 5.16. The summed E-state index contributed by atoms with van der Waals surface area (Å²) in [5, 5.41) is 0.886. The molecule has 2 rings (SSSR count). The molecule has 1 heterocycles. The molecule has 0 saturated carbocycles. The van der Waals surface area contributed by atoms with E-state index < -0.39 is 0 Å². The molecule has 0 bridgehead atoms. The summed E-state index contributed by atoms with van der Waals surface area (Å²) >= 11 is 17.8. The zero-order chi connectivity index (χ0) is 11.7. The molecule has 0 aliphatic carbocycles. The molecule has 0 spiro atoms. The molecule has 0 aliphatic heterocycles. The molecule has 16 heavy (non-hydrogen) atoms. The van der Waals surface area contributed by atoms with Gasteiger partial charge in [0.05, 0.1) is 11.2 Å². The molecule has 0 fully saturated rings. The van der Waals surface area contributed by atoms with Crippen molar-refractivity contribution in [2.75, 3.05) is 0 Å². The van der Waals surface area contributed by atoms with Crippen molar-refractivity contribution in [2.45, 2.75) is 12.3 Å². The van der Waals surface area contributed by atoms with E-state index in [-0.39, 0.29) is 5.38 Å². The first kappa shape index (κ1) is 11.8. The molecular formula is C11H8Cl3NO. The third kappa shape index (κ3) is 2.34. The lowest BCUT2D eigenvalue weighted by atomic mass is 10.2. The number of rotatable bonds is 2. The highest BCUT2D eigenvalue weighted by Gasteiger charge is 2.13. The maximum atomic E-state index is 6.04. The monoisotopic (exact) mass is 275 g/mol. The number of aromatic nitrogens is 1. The van der Waals surface area contributed by atoms with Crippen LogP contribution in [0.1, 0.15) is 18.2 Å². The van der Waals surface area contributed by atoms with E-state index in [9.17, 15) is 0 Å². The largest absolute Gasteiger partial charge is 0.439 e. The third-order valence-corrected chi connectivity index (χ3v) is 2.81. The number of nitrogens with zero attached hydrogens (tertiary/aromatic N) is 1. The summed E-state index contributed by atoms with van der Waals surface area (Å²) < 4.78 is 5.48. The van der Waals surface area contributed by atoms with Crippen molar-refractivity contribution in [1.82, 2.24) is 4.98 Å². The van der Waals surface area contributed by atoms with Crippen LogP contribution in [0.5, 0.6) is 0 Å². The quantitative estimate of drug-likeness (QED) is 0.725. The van der Waals surface area contributed by atoms with E-state index in [2.05, 4.69) is 4.98 Å². The predicted octanol–water partition coefficient (Wildman–Crippen LogP) is 4.95. The van der Waals surface area contributed by atoms with Gasteiger partial charge in [0.2, 0.25) is 5.89 Å². The molecular weight excluding hydrogens is 268 g/mol. The molecule has 1 unspecified atom stereocenters. The maximum absolute atomic E-state index is 6.04. The molecule has 0 radical (unpaired) electrons. The van der Waals surface area contributed by atoms with Crippen molar-refractivity contribution in [3.05, 3.63) is 40.3 Å². The van der Waals surface area contributed by atoms with Gasteiger partial charge >= 0.3 is 0 Å². The summed E-state index contributed by atoms with van der Waals surface area (Å²) in [7, 11) is 0. The standard InChI is InChI=1S/C11H8Cl3NO/c1-6(12)11-15-5-10(16-11)8-4-7(13)2-3-9(8)14/h2-6H,1H3. The average molecular weight is 277 g/mol. The molecule has 0 N–H and O–H groups in total. The van der Waals surface area contributed by atoms with E-state index in [4.69, 9.17) is 39.2 Å². The van der Waals surface area contributed by atoms with E-state index in [0.29, 0.717) is 27.3 Å². The van der Waals surface area contributed by atoms with Gasteiger partial charge in [0.1, 0.15) is 5.38 Å². The van der Waals surface area contributed by atoms with Gasteiger partial charge in [-0.3, -0.25) is 0 Å². The molecule has 84 valence electrons. The molecule has 1 atom stereocenters. The number of oxazole rings is 1. The Morgan fingerprint density at radius 1 is 1.31 bits per heavy atom. The van der Waals surface area contributed by atoms with Crippen LogP contribution in [0.3, 0.4) is 0 Å². The Morgan fingerprint density at radius 3 is 2.69 bits per heavy atom. The molecule has 2 nitrogen and oxygen atoms in total. The number of alkyl halides is 1. The number of benzene rings is 1.